The van der Waals surface area contributed by atoms with Crippen molar-refractivity contribution in [2.75, 3.05) is 11.9 Å². The molecule has 0 fully saturated rings. The van der Waals surface area contributed by atoms with Gasteiger partial charge in [0.1, 0.15) is 5.82 Å². The van der Waals surface area contributed by atoms with Crippen LogP contribution in [0.1, 0.15) is 27.0 Å². The third-order valence-electron chi connectivity index (χ3n) is 5.79. The molecule has 0 aliphatic carbocycles. The first-order valence-electron chi connectivity index (χ1n) is 11.5. The second kappa shape index (κ2) is 11.3. The summed E-state index contributed by atoms with van der Waals surface area (Å²) in [7, 11) is 1.79. The Morgan fingerprint density at radius 3 is 1.97 bits per heavy atom. The van der Waals surface area contributed by atoms with Crippen LogP contribution < -0.4 is 4.90 Å². The zero-order valence-corrected chi connectivity index (χ0v) is 19.6. The van der Waals surface area contributed by atoms with E-state index >= 15 is 0 Å². The molecule has 0 bridgehead atoms. The van der Waals surface area contributed by atoms with Gasteiger partial charge in [-0.1, -0.05) is 72.8 Å². The van der Waals surface area contributed by atoms with Gasteiger partial charge in [-0.2, -0.15) is 0 Å². The lowest BCUT2D eigenvalue weighted by Gasteiger charge is -2.24. The highest BCUT2D eigenvalue weighted by molar-refractivity contribution is 6.06. The number of amides is 2. The highest BCUT2D eigenvalue weighted by atomic mass is 19.1. The minimum atomic E-state index is -0.324. The summed E-state index contributed by atoms with van der Waals surface area (Å²) in [6.07, 6.45) is 0.223. The Hall–Kier alpha value is -4.25. The number of nitrogens with zero attached hydrogens (tertiary/aromatic N) is 2. The number of rotatable bonds is 8. The highest BCUT2D eigenvalue weighted by Gasteiger charge is 2.19. The number of likely N-dealkylation sites (N-methyl/N-ethyl adjacent to an activating group) is 1. The molecular formula is C30H27FN2O2. The van der Waals surface area contributed by atoms with Gasteiger partial charge in [0.2, 0.25) is 5.91 Å². The first kappa shape index (κ1) is 23.9. The van der Waals surface area contributed by atoms with Crippen LogP contribution in [0.5, 0.6) is 0 Å². The van der Waals surface area contributed by atoms with Gasteiger partial charge in [0.15, 0.2) is 0 Å². The van der Waals surface area contributed by atoms with Gasteiger partial charge in [-0.3, -0.25) is 9.59 Å². The Labute approximate surface area is 205 Å². The van der Waals surface area contributed by atoms with Crippen LogP contribution in [0, 0.1) is 5.82 Å². The summed E-state index contributed by atoms with van der Waals surface area (Å²) in [5.41, 5.74) is 3.92. The summed E-state index contributed by atoms with van der Waals surface area (Å²) in [4.78, 5) is 29.7. The van der Waals surface area contributed by atoms with Crippen LogP contribution in [0.15, 0.2) is 109 Å². The fraction of sp³-hybridized carbons (Fsp3) is 0.133. The maximum Gasteiger partial charge on any atom is 0.258 e. The minimum absolute atomic E-state index is 0.00882. The van der Waals surface area contributed by atoms with Gasteiger partial charge in [-0.15, -0.1) is 0 Å². The maximum atomic E-state index is 13.4. The fourth-order valence-electron chi connectivity index (χ4n) is 3.88. The molecular weight excluding hydrogens is 439 g/mol. The number of carbonyl (C=O) groups is 2. The van der Waals surface area contributed by atoms with E-state index in [0.29, 0.717) is 17.8 Å². The normalized spacial score (nSPS) is 10.6. The van der Waals surface area contributed by atoms with Gasteiger partial charge in [0.25, 0.3) is 5.91 Å². The van der Waals surface area contributed by atoms with Crippen LogP contribution in [0.25, 0.3) is 0 Å². The van der Waals surface area contributed by atoms with Gasteiger partial charge >= 0.3 is 0 Å². The first-order valence-corrected chi connectivity index (χ1v) is 11.5. The summed E-state index contributed by atoms with van der Waals surface area (Å²) >= 11 is 0. The average Bonchev–Trinajstić information content (AvgIpc) is 2.89. The largest absolute Gasteiger partial charge is 0.341 e. The standard InChI is InChI=1S/C30H27FN2O2/c1-32(21-23-9-4-2-5-10-23)29(34)20-25-11-8-14-28(19-25)33(22-24-15-17-27(31)18-16-24)30(35)26-12-6-3-7-13-26/h2-19H,20-22H2,1H3. The molecule has 0 spiro atoms. The number of hydrogen-bond donors (Lipinski definition) is 0. The van der Waals surface area contributed by atoms with Crippen molar-refractivity contribution in [3.05, 3.63) is 137 Å². The van der Waals surface area contributed by atoms with Gasteiger partial charge in [0.05, 0.1) is 13.0 Å². The van der Waals surface area contributed by atoms with E-state index in [2.05, 4.69) is 0 Å². The zero-order valence-electron chi connectivity index (χ0n) is 19.6. The zero-order chi connectivity index (χ0) is 24.6. The van der Waals surface area contributed by atoms with E-state index in [-0.39, 0.29) is 30.6 Å². The third kappa shape index (κ3) is 6.42. The number of halogens is 1. The summed E-state index contributed by atoms with van der Waals surface area (Å²) in [6.45, 7) is 0.807. The third-order valence-corrected chi connectivity index (χ3v) is 5.79. The van der Waals surface area contributed by atoms with Crippen LogP contribution in [-0.2, 0) is 24.3 Å². The van der Waals surface area contributed by atoms with Crippen molar-refractivity contribution in [3.8, 4) is 0 Å². The lowest BCUT2D eigenvalue weighted by Crippen LogP contribution is -2.31. The lowest BCUT2D eigenvalue weighted by molar-refractivity contribution is -0.129. The van der Waals surface area contributed by atoms with E-state index in [1.54, 1.807) is 41.1 Å². The van der Waals surface area contributed by atoms with Crippen LogP contribution >= 0.6 is 0 Å². The van der Waals surface area contributed by atoms with Crippen LogP contribution in [0.4, 0.5) is 10.1 Å². The average molecular weight is 467 g/mol. The van der Waals surface area contributed by atoms with Crippen molar-refractivity contribution in [1.82, 2.24) is 4.90 Å². The monoisotopic (exact) mass is 466 g/mol. The molecule has 0 aliphatic heterocycles. The first-order chi connectivity index (χ1) is 17.0. The summed E-state index contributed by atoms with van der Waals surface area (Å²) in [5.74, 6) is -0.500. The molecule has 0 saturated carbocycles. The molecule has 0 aromatic heterocycles. The molecule has 4 aromatic rings. The van der Waals surface area contributed by atoms with Gasteiger partial charge in [-0.25, -0.2) is 4.39 Å². The number of benzene rings is 4. The van der Waals surface area contributed by atoms with Crippen molar-refractivity contribution in [2.45, 2.75) is 19.5 Å². The quantitative estimate of drug-likeness (QED) is 0.326. The summed E-state index contributed by atoms with van der Waals surface area (Å²) in [6, 6.07) is 32.5. The molecule has 0 aliphatic rings. The van der Waals surface area contributed by atoms with Crippen molar-refractivity contribution < 1.29 is 14.0 Å². The topological polar surface area (TPSA) is 40.6 Å². The minimum Gasteiger partial charge on any atom is -0.341 e. The number of hydrogen-bond acceptors (Lipinski definition) is 2. The Morgan fingerprint density at radius 2 is 1.29 bits per heavy atom. The van der Waals surface area contributed by atoms with Crippen molar-refractivity contribution >= 4 is 17.5 Å². The fourth-order valence-corrected chi connectivity index (χ4v) is 3.88. The van der Waals surface area contributed by atoms with E-state index in [4.69, 9.17) is 0 Å². The van der Waals surface area contributed by atoms with Crippen LogP contribution in [-0.4, -0.2) is 23.8 Å². The van der Waals surface area contributed by atoms with Gasteiger partial charge < -0.3 is 9.80 Å². The van der Waals surface area contributed by atoms with E-state index in [9.17, 15) is 14.0 Å². The molecule has 0 radical (unpaired) electrons. The predicted molar refractivity (Wildman–Crippen MR) is 136 cm³/mol. The number of carbonyl (C=O) groups excluding carboxylic acids is 2. The van der Waals surface area contributed by atoms with Crippen molar-refractivity contribution in [1.29, 1.82) is 0 Å². The molecule has 2 amide bonds. The Kier molecular flexibility index (Phi) is 7.68. The summed E-state index contributed by atoms with van der Waals surface area (Å²) < 4.78 is 13.4. The van der Waals surface area contributed by atoms with E-state index in [0.717, 1.165) is 16.7 Å². The molecule has 4 rings (SSSR count). The predicted octanol–water partition coefficient (Wildman–Crippen LogP) is 5.87. The van der Waals surface area contributed by atoms with Gasteiger partial charge in [-0.05, 0) is 53.1 Å². The molecule has 0 atom stereocenters. The molecule has 35 heavy (non-hydrogen) atoms. The molecule has 4 aromatic carbocycles. The molecule has 4 nitrogen and oxygen atoms in total. The van der Waals surface area contributed by atoms with Crippen molar-refractivity contribution in [3.63, 3.8) is 0 Å². The Morgan fingerprint density at radius 1 is 0.686 bits per heavy atom. The van der Waals surface area contributed by atoms with E-state index in [1.165, 1.54) is 12.1 Å². The molecule has 0 saturated heterocycles. The molecule has 0 N–H and O–H groups in total. The van der Waals surface area contributed by atoms with Crippen LogP contribution in [0.2, 0.25) is 0 Å². The SMILES string of the molecule is CN(Cc1ccccc1)C(=O)Cc1cccc(N(Cc2ccc(F)cc2)C(=O)c2ccccc2)c1. The molecule has 0 unspecified atom stereocenters. The molecule has 176 valence electrons. The second-order valence-corrected chi connectivity index (χ2v) is 8.47. The van der Waals surface area contributed by atoms with Crippen LogP contribution in [0.3, 0.4) is 0 Å². The smallest absolute Gasteiger partial charge is 0.258 e. The maximum absolute atomic E-state index is 13.4. The Bertz CT molecular complexity index is 1270. The Balaban J connectivity index is 1.56. The number of anilines is 1. The van der Waals surface area contributed by atoms with E-state index in [1.807, 2.05) is 72.8 Å². The highest BCUT2D eigenvalue weighted by Crippen LogP contribution is 2.23. The van der Waals surface area contributed by atoms with E-state index < -0.39 is 0 Å². The van der Waals surface area contributed by atoms with Gasteiger partial charge in [0, 0.05) is 24.8 Å². The molecule has 5 heteroatoms. The second-order valence-electron chi connectivity index (χ2n) is 8.47. The summed E-state index contributed by atoms with van der Waals surface area (Å²) in [5, 5.41) is 0. The molecule has 0 heterocycles. The lowest BCUT2D eigenvalue weighted by atomic mass is 10.1. The van der Waals surface area contributed by atoms with Crippen molar-refractivity contribution in [2.24, 2.45) is 0 Å².